The molecule has 2 rings (SSSR count). The van der Waals surface area contributed by atoms with Crippen molar-refractivity contribution in [2.75, 3.05) is 0 Å². The molecule has 0 fully saturated rings. The van der Waals surface area contributed by atoms with Gasteiger partial charge in [0.1, 0.15) is 23.9 Å². The highest BCUT2D eigenvalue weighted by Gasteiger charge is 2.30. The Morgan fingerprint density at radius 2 is 1.57 bits per heavy atom. The first-order valence-corrected chi connectivity index (χ1v) is 11.3. The van der Waals surface area contributed by atoms with Crippen molar-refractivity contribution in [3.05, 3.63) is 48.0 Å². The van der Waals surface area contributed by atoms with Gasteiger partial charge in [0.2, 0.25) is 17.7 Å². The Balaban J connectivity index is 2.21. The van der Waals surface area contributed by atoms with Crippen LogP contribution in [0, 0.1) is 0 Å². The summed E-state index contributed by atoms with van der Waals surface area (Å²) in [5.74, 6) is -4.93. The number of aromatic hydroxyl groups is 1. The van der Waals surface area contributed by atoms with Crippen molar-refractivity contribution in [3.63, 3.8) is 0 Å². The van der Waals surface area contributed by atoms with Gasteiger partial charge in [0.05, 0.1) is 12.4 Å². The molecule has 0 spiro atoms. The summed E-state index contributed by atoms with van der Waals surface area (Å²) in [5, 5.41) is 34.8. The Kier molecular flexibility index (Phi) is 10.6. The molecule has 0 saturated carbocycles. The first-order valence-electron chi connectivity index (χ1n) is 11.3. The average Bonchev–Trinajstić information content (AvgIpc) is 3.35. The monoisotopic (exact) mass is 518 g/mol. The normalized spacial score (nSPS) is 14.0. The number of carbonyl (C=O) groups is 5. The highest BCUT2D eigenvalue weighted by Crippen LogP contribution is 2.12. The molecular formula is C23H30N6O8. The zero-order valence-corrected chi connectivity index (χ0v) is 20.0. The van der Waals surface area contributed by atoms with Crippen LogP contribution in [0.2, 0.25) is 0 Å². The van der Waals surface area contributed by atoms with Crippen LogP contribution in [0.3, 0.4) is 0 Å². The van der Waals surface area contributed by atoms with E-state index in [2.05, 4.69) is 25.9 Å². The molecule has 1 aromatic heterocycles. The quantitative estimate of drug-likeness (QED) is 0.146. The zero-order valence-electron chi connectivity index (χ0n) is 20.0. The van der Waals surface area contributed by atoms with Crippen LogP contribution in [0.15, 0.2) is 36.8 Å². The van der Waals surface area contributed by atoms with Crippen molar-refractivity contribution >= 4 is 29.7 Å². The molecular weight excluding hydrogens is 488 g/mol. The molecule has 2 aromatic rings. The molecule has 37 heavy (non-hydrogen) atoms. The number of hydrogen-bond acceptors (Lipinski definition) is 8. The Labute approximate surface area is 211 Å². The number of benzene rings is 1. The van der Waals surface area contributed by atoms with Crippen LogP contribution in [0.5, 0.6) is 5.75 Å². The van der Waals surface area contributed by atoms with Crippen LogP contribution in [-0.4, -0.2) is 79.1 Å². The summed E-state index contributed by atoms with van der Waals surface area (Å²) in [7, 11) is 0. The molecule has 9 N–H and O–H groups in total. The van der Waals surface area contributed by atoms with E-state index in [-0.39, 0.29) is 25.0 Å². The summed E-state index contributed by atoms with van der Waals surface area (Å²) in [5.41, 5.74) is 7.13. The number of hydrogen-bond donors (Lipinski definition) is 8. The largest absolute Gasteiger partial charge is 0.508 e. The fourth-order valence-electron chi connectivity index (χ4n) is 3.27. The van der Waals surface area contributed by atoms with Crippen LogP contribution < -0.4 is 21.7 Å². The first kappa shape index (κ1) is 28.8. The lowest BCUT2D eigenvalue weighted by molar-refractivity contribution is -0.142. The number of carbonyl (C=O) groups excluding carboxylic acids is 3. The van der Waals surface area contributed by atoms with Crippen molar-refractivity contribution in [1.82, 2.24) is 25.9 Å². The number of rotatable bonds is 14. The maximum Gasteiger partial charge on any atom is 0.325 e. The second-order valence-electron chi connectivity index (χ2n) is 8.38. The summed E-state index contributed by atoms with van der Waals surface area (Å²) >= 11 is 0. The van der Waals surface area contributed by atoms with Crippen LogP contribution in [0.1, 0.15) is 31.0 Å². The molecule has 14 heteroatoms. The van der Waals surface area contributed by atoms with Crippen molar-refractivity contribution in [2.24, 2.45) is 5.73 Å². The van der Waals surface area contributed by atoms with Gasteiger partial charge in [-0.25, -0.2) is 4.98 Å². The van der Waals surface area contributed by atoms with E-state index in [1.54, 1.807) is 0 Å². The molecule has 0 aliphatic carbocycles. The number of aromatic nitrogens is 2. The minimum atomic E-state index is -1.39. The number of imidazole rings is 1. The Morgan fingerprint density at radius 3 is 2.14 bits per heavy atom. The van der Waals surface area contributed by atoms with E-state index in [0.717, 1.165) is 0 Å². The molecule has 4 unspecified atom stereocenters. The molecule has 0 bridgehead atoms. The lowest BCUT2D eigenvalue weighted by atomic mass is 10.0. The van der Waals surface area contributed by atoms with Crippen molar-refractivity contribution in [2.45, 2.75) is 56.8 Å². The van der Waals surface area contributed by atoms with E-state index in [1.165, 1.54) is 43.7 Å². The SMILES string of the molecule is CC(NC(=O)C(CCC(=O)O)NC(=O)C(Cc1ccc(O)cc1)NC(=O)C(N)Cc1cnc[nH]1)C(=O)O. The van der Waals surface area contributed by atoms with Gasteiger partial charge in [-0.15, -0.1) is 0 Å². The Hall–Kier alpha value is -4.46. The third kappa shape index (κ3) is 9.60. The number of aliphatic carboxylic acids is 2. The molecule has 1 aromatic carbocycles. The van der Waals surface area contributed by atoms with Gasteiger partial charge in [-0.2, -0.15) is 0 Å². The molecule has 0 aliphatic heterocycles. The summed E-state index contributed by atoms with van der Waals surface area (Å²) in [6.45, 7) is 1.21. The van der Waals surface area contributed by atoms with Crippen LogP contribution in [0.25, 0.3) is 0 Å². The second-order valence-corrected chi connectivity index (χ2v) is 8.38. The minimum Gasteiger partial charge on any atom is -0.508 e. The lowest BCUT2D eigenvalue weighted by Gasteiger charge is -2.24. The number of aromatic amines is 1. The predicted octanol–water partition coefficient (Wildman–Crippen LogP) is -1.35. The van der Waals surface area contributed by atoms with Gasteiger partial charge in [-0.05, 0) is 31.0 Å². The first-order chi connectivity index (χ1) is 17.5. The smallest absolute Gasteiger partial charge is 0.325 e. The number of H-pyrrole nitrogens is 1. The number of phenolic OH excluding ortho intramolecular Hbond substituents is 1. The van der Waals surface area contributed by atoms with Crippen LogP contribution in [-0.2, 0) is 36.8 Å². The van der Waals surface area contributed by atoms with Gasteiger partial charge in [-0.1, -0.05) is 12.1 Å². The Bertz CT molecular complexity index is 1090. The number of carboxylic acids is 2. The average molecular weight is 519 g/mol. The predicted molar refractivity (Wildman–Crippen MR) is 128 cm³/mol. The third-order valence-electron chi connectivity index (χ3n) is 5.35. The summed E-state index contributed by atoms with van der Waals surface area (Å²) < 4.78 is 0. The molecule has 0 radical (unpaired) electrons. The number of nitrogens with two attached hydrogens (primary N) is 1. The van der Waals surface area contributed by atoms with E-state index < -0.39 is 60.2 Å². The fraction of sp³-hybridized carbons (Fsp3) is 0.391. The maximum absolute atomic E-state index is 13.2. The third-order valence-corrected chi connectivity index (χ3v) is 5.35. The highest BCUT2D eigenvalue weighted by molar-refractivity contribution is 5.94. The van der Waals surface area contributed by atoms with E-state index in [0.29, 0.717) is 11.3 Å². The van der Waals surface area contributed by atoms with E-state index >= 15 is 0 Å². The van der Waals surface area contributed by atoms with Gasteiger partial charge in [-0.3, -0.25) is 24.0 Å². The van der Waals surface area contributed by atoms with Crippen LogP contribution >= 0.6 is 0 Å². The number of nitrogens with zero attached hydrogens (tertiary/aromatic N) is 1. The van der Waals surface area contributed by atoms with Crippen molar-refractivity contribution < 1.29 is 39.3 Å². The maximum atomic E-state index is 13.2. The lowest BCUT2D eigenvalue weighted by Crippen LogP contribution is -2.57. The Morgan fingerprint density at radius 1 is 0.946 bits per heavy atom. The standard InChI is InChI=1S/C23H30N6O8/c1-12(23(36)37)27-21(34)17(6-7-19(31)32)28-22(35)18(8-13-2-4-15(30)5-3-13)29-20(33)16(24)9-14-10-25-11-26-14/h2-5,10-12,16-18,30H,6-9,24H2,1H3,(H,25,26)(H,27,34)(H,28,35)(H,29,33)(H,31,32)(H,36,37). The fourth-order valence-corrected chi connectivity index (χ4v) is 3.27. The van der Waals surface area contributed by atoms with E-state index in [1.807, 2.05) is 0 Å². The van der Waals surface area contributed by atoms with Gasteiger partial charge in [0.25, 0.3) is 0 Å². The number of phenols is 1. The molecule has 200 valence electrons. The highest BCUT2D eigenvalue weighted by atomic mass is 16.4. The molecule has 0 saturated heterocycles. The van der Waals surface area contributed by atoms with Crippen molar-refractivity contribution in [1.29, 1.82) is 0 Å². The van der Waals surface area contributed by atoms with Gasteiger partial charge >= 0.3 is 11.9 Å². The van der Waals surface area contributed by atoms with Crippen molar-refractivity contribution in [3.8, 4) is 5.75 Å². The number of carboxylic acid groups (broad SMARTS) is 2. The molecule has 0 aliphatic rings. The summed E-state index contributed by atoms with van der Waals surface area (Å²) in [6, 6.07) is 0.914. The second kappa shape index (κ2) is 13.6. The van der Waals surface area contributed by atoms with E-state index in [9.17, 15) is 29.1 Å². The molecule has 14 nitrogen and oxygen atoms in total. The van der Waals surface area contributed by atoms with Gasteiger partial charge in [0.15, 0.2) is 0 Å². The van der Waals surface area contributed by atoms with Gasteiger partial charge in [0, 0.05) is 31.2 Å². The topological polar surface area (TPSA) is 237 Å². The number of nitrogens with one attached hydrogen (secondary N) is 4. The van der Waals surface area contributed by atoms with Crippen LogP contribution in [0.4, 0.5) is 0 Å². The zero-order chi connectivity index (χ0) is 27.5. The number of amides is 3. The summed E-state index contributed by atoms with van der Waals surface area (Å²) in [4.78, 5) is 67.4. The van der Waals surface area contributed by atoms with E-state index in [4.69, 9.17) is 15.9 Å². The minimum absolute atomic E-state index is 0.00618. The summed E-state index contributed by atoms with van der Waals surface area (Å²) in [6.07, 6.45) is 2.18. The van der Waals surface area contributed by atoms with Gasteiger partial charge < -0.3 is 42.0 Å². The molecule has 4 atom stereocenters. The molecule has 1 heterocycles. The molecule has 3 amide bonds.